The molecule has 0 aliphatic carbocycles. The van der Waals surface area contributed by atoms with Gasteiger partial charge in [-0.25, -0.2) is 4.39 Å². The van der Waals surface area contributed by atoms with Crippen LogP contribution in [0.5, 0.6) is 0 Å². The zero-order valence-electron chi connectivity index (χ0n) is 13.5. The van der Waals surface area contributed by atoms with Gasteiger partial charge in [0.25, 0.3) is 0 Å². The summed E-state index contributed by atoms with van der Waals surface area (Å²) in [4.78, 5) is 27.4. The quantitative estimate of drug-likeness (QED) is 0.811. The van der Waals surface area contributed by atoms with Crippen molar-refractivity contribution in [2.45, 2.75) is 11.3 Å². The van der Waals surface area contributed by atoms with Crippen LogP contribution in [0.25, 0.3) is 0 Å². The number of benzene rings is 2. The second-order valence-electron chi connectivity index (χ2n) is 5.70. The number of amides is 2. The molecule has 1 unspecified atom stereocenters. The minimum absolute atomic E-state index is 0.0211. The smallest absolute Gasteiger partial charge is 0.229 e. The van der Waals surface area contributed by atoms with Gasteiger partial charge in [-0.3, -0.25) is 9.59 Å². The van der Waals surface area contributed by atoms with Gasteiger partial charge >= 0.3 is 0 Å². The predicted molar refractivity (Wildman–Crippen MR) is 98.7 cm³/mol. The first-order valence-corrected chi connectivity index (χ1v) is 9.29. The lowest BCUT2D eigenvalue weighted by atomic mass is 10.1. The molecule has 1 aliphatic heterocycles. The number of nitrogens with one attached hydrogen (secondary N) is 1. The molecule has 1 atom stereocenters. The Morgan fingerprint density at radius 2 is 2.08 bits per heavy atom. The van der Waals surface area contributed by atoms with Crippen molar-refractivity contribution < 1.29 is 14.0 Å². The third-order valence-electron chi connectivity index (χ3n) is 4.07. The molecule has 0 radical (unpaired) electrons. The Morgan fingerprint density at radius 1 is 1.32 bits per heavy atom. The summed E-state index contributed by atoms with van der Waals surface area (Å²) in [6, 6.07) is 12.0. The monoisotopic (exact) mass is 378 g/mol. The molecule has 0 saturated carbocycles. The molecule has 4 nitrogen and oxygen atoms in total. The molecule has 0 bridgehead atoms. The number of carbonyl (C=O) groups is 2. The fourth-order valence-corrected chi connectivity index (χ4v) is 3.37. The van der Waals surface area contributed by atoms with E-state index in [2.05, 4.69) is 5.32 Å². The number of halogens is 2. The van der Waals surface area contributed by atoms with Crippen LogP contribution < -0.4 is 10.2 Å². The van der Waals surface area contributed by atoms with E-state index in [-0.39, 0.29) is 29.6 Å². The molecule has 0 spiro atoms. The van der Waals surface area contributed by atoms with E-state index in [0.717, 1.165) is 10.6 Å². The van der Waals surface area contributed by atoms with Gasteiger partial charge in [0.2, 0.25) is 11.8 Å². The molecular formula is C18H16ClFN2O2S. The largest absolute Gasteiger partial charge is 0.323 e. The molecule has 0 aromatic heterocycles. The molecule has 1 aliphatic rings. The van der Waals surface area contributed by atoms with Crippen molar-refractivity contribution in [2.75, 3.05) is 23.0 Å². The maximum absolute atomic E-state index is 13.9. The van der Waals surface area contributed by atoms with E-state index >= 15 is 0 Å². The molecule has 7 heteroatoms. The van der Waals surface area contributed by atoms with Crippen LogP contribution >= 0.6 is 23.4 Å². The van der Waals surface area contributed by atoms with E-state index in [4.69, 9.17) is 11.6 Å². The summed E-state index contributed by atoms with van der Waals surface area (Å²) in [5.41, 5.74) is 0.786. The zero-order valence-corrected chi connectivity index (χ0v) is 15.0. The van der Waals surface area contributed by atoms with Gasteiger partial charge in [-0.1, -0.05) is 23.7 Å². The van der Waals surface area contributed by atoms with Crippen molar-refractivity contribution in [2.24, 2.45) is 5.92 Å². The number of thioether (sulfide) groups is 1. The normalized spacial score (nSPS) is 17.0. The average Bonchev–Trinajstić information content (AvgIpc) is 3.01. The SMILES string of the molecule is CSc1cccc(N2CC(C(=O)Nc3cccc(Cl)c3F)CC2=O)c1. The summed E-state index contributed by atoms with van der Waals surface area (Å²) in [6.07, 6.45) is 2.05. The van der Waals surface area contributed by atoms with Gasteiger partial charge in [0, 0.05) is 23.5 Å². The third kappa shape index (κ3) is 3.80. The highest BCUT2D eigenvalue weighted by atomic mass is 35.5. The minimum Gasteiger partial charge on any atom is -0.323 e. The lowest BCUT2D eigenvalue weighted by molar-refractivity contribution is -0.122. The van der Waals surface area contributed by atoms with Crippen LogP contribution in [0.4, 0.5) is 15.8 Å². The lowest BCUT2D eigenvalue weighted by Crippen LogP contribution is -2.28. The Labute approximate surface area is 154 Å². The summed E-state index contributed by atoms with van der Waals surface area (Å²) in [5.74, 6) is -1.72. The van der Waals surface area contributed by atoms with E-state index < -0.39 is 17.6 Å². The van der Waals surface area contributed by atoms with Crippen LogP contribution in [0.1, 0.15) is 6.42 Å². The highest BCUT2D eigenvalue weighted by Crippen LogP contribution is 2.29. The molecule has 2 aromatic rings. The molecule has 2 aromatic carbocycles. The Balaban J connectivity index is 1.73. The molecule has 2 amide bonds. The van der Waals surface area contributed by atoms with Gasteiger partial charge in [0.05, 0.1) is 16.6 Å². The maximum Gasteiger partial charge on any atom is 0.229 e. The number of anilines is 2. The Kier molecular flexibility index (Phi) is 5.30. The zero-order chi connectivity index (χ0) is 18.0. The van der Waals surface area contributed by atoms with Crippen molar-refractivity contribution in [3.05, 3.63) is 53.3 Å². The number of hydrogen-bond acceptors (Lipinski definition) is 3. The Hall–Kier alpha value is -2.05. The highest BCUT2D eigenvalue weighted by Gasteiger charge is 2.35. The molecule has 1 N–H and O–H groups in total. The van der Waals surface area contributed by atoms with Gasteiger partial charge in [0.1, 0.15) is 0 Å². The first kappa shape index (κ1) is 17.8. The first-order valence-electron chi connectivity index (χ1n) is 7.69. The average molecular weight is 379 g/mol. The van der Waals surface area contributed by atoms with Crippen LogP contribution in [-0.2, 0) is 9.59 Å². The highest BCUT2D eigenvalue weighted by molar-refractivity contribution is 7.98. The summed E-state index contributed by atoms with van der Waals surface area (Å²) in [6.45, 7) is 0.269. The lowest BCUT2D eigenvalue weighted by Gasteiger charge is -2.17. The molecule has 25 heavy (non-hydrogen) atoms. The minimum atomic E-state index is -0.675. The predicted octanol–water partition coefficient (Wildman–Crippen LogP) is 4.19. The number of carbonyl (C=O) groups excluding carboxylic acids is 2. The summed E-state index contributed by atoms with van der Waals surface area (Å²) >= 11 is 7.30. The molecule has 3 rings (SSSR count). The first-order chi connectivity index (χ1) is 12.0. The van der Waals surface area contributed by atoms with Gasteiger partial charge in [0.15, 0.2) is 5.82 Å². The number of rotatable bonds is 4. The second-order valence-corrected chi connectivity index (χ2v) is 6.98. The van der Waals surface area contributed by atoms with Crippen molar-refractivity contribution >= 4 is 46.6 Å². The second kappa shape index (κ2) is 7.45. The molecule has 1 heterocycles. The summed E-state index contributed by atoms with van der Waals surface area (Å²) < 4.78 is 13.9. The van der Waals surface area contributed by atoms with Crippen molar-refractivity contribution in [3.8, 4) is 0 Å². The maximum atomic E-state index is 13.9. The molecule has 1 saturated heterocycles. The Bertz CT molecular complexity index is 830. The molecular weight excluding hydrogens is 363 g/mol. The summed E-state index contributed by atoms with van der Waals surface area (Å²) in [5, 5.41) is 2.47. The summed E-state index contributed by atoms with van der Waals surface area (Å²) in [7, 11) is 0. The fraction of sp³-hybridized carbons (Fsp3) is 0.222. The van der Waals surface area contributed by atoms with Crippen LogP contribution in [0.15, 0.2) is 47.4 Å². The van der Waals surface area contributed by atoms with E-state index in [9.17, 15) is 14.0 Å². The fourth-order valence-electron chi connectivity index (χ4n) is 2.75. The topological polar surface area (TPSA) is 49.4 Å². The molecule has 130 valence electrons. The van der Waals surface area contributed by atoms with Gasteiger partial charge in [-0.15, -0.1) is 11.8 Å². The van der Waals surface area contributed by atoms with E-state index in [1.165, 1.54) is 12.1 Å². The number of hydrogen-bond donors (Lipinski definition) is 1. The van der Waals surface area contributed by atoms with Crippen molar-refractivity contribution in [3.63, 3.8) is 0 Å². The van der Waals surface area contributed by atoms with Crippen molar-refractivity contribution in [1.29, 1.82) is 0 Å². The standard InChI is InChI=1S/C18H16ClFN2O2S/c1-25-13-5-2-4-12(9-13)22-10-11(8-16(22)23)18(24)21-15-7-3-6-14(19)17(15)20/h2-7,9,11H,8,10H2,1H3,(H,21,24). The van der Waals surface area contributed by atoms with E-state index in [1.54, 1.807) is 22.7 Å². The Morgan fingerprint density at radius 3 is 2.84 bits per heavy atom. The van der Waals surface area contributed by atoms with E-state index in [0.29, 0.717) is 0 Å². The van der Waals surface area contributed by atoms with E-state index in [1.807, 2.05) is 30.5 Å². The van der Waals surface area contributed by atoms with Gasteiger partial charge < -0.3 is 10.2 Å². The van der Waals surface area contributed by atoms with Crippen molar-refractivity contribution in [1.82, 2.24) is 0 Å². The third-order valence-corrected chi connectivity index (χ3v) is 5.09. The van der Waals surface area contributed by atoms with Crippen LogP contribution in [0, 0.1) is 11.7 Å². The molecule has 1 fully saturated rings. The van der Waals surface area contributed by atoms with Gasteiger partial charge in [-0.2, -0.15) is 0 Å². The van der Waals surface area contributed by atoms with Crippen LogP contribution in [-0.4, -0.2) is 24.6 Å². The number of nitrogens with zero attached hydrogens (tertiary/aromatic N) is 1. The van der Waals surface area contributed by atoms with Gasteiger partial charge in [-0.05, 0) is 36.6 Å². The van der Waals surface area contributed by atoms with Crippen LogP contribution in [0.2, 0.25) is 5.02 Å². The van der Waals surface area contributed by atoms with Crippen LogP contribution in [0.3, 0.4) is 0 Å².